The van der Waals surface area contributed by atoms with E-state index in [9.17, 15) is 14.4 Å². The molecule has 1 heterocycles. The maximum absolute atomic E-state index is 12.3. The van der Waals surface area contributed by atoms with Gasteiger partial charge >= 0.3 is 0 Å². The number of amides is 3. The van der Waals surface area contributed by atoms with Gasteiger partial charge < -0.3 is 21.3 Å². The second-order valence-corrected chi connectivity index (χ2v) is 5.73. The average molecular weight is 318 g/mol. The highest BCUT2D eigenvalue weighted by Crippen LogP contribution is 2.09. The van der Waals surface area contributed by atoms with Crippen LogP contribution >= 0.6 is 0 Å². The first-order chi connectivity index (χ1) is 11.0. The highest BCUT2D eigenvalue weighted by atomic mass is 16.2. The van der Waals surface area contributed by atoms with E-state index in [2.05, 4.69) is 10.6 Å². The molecule has 2 rings (SSSR count). The lowest BCUT2D eigenvalue weighted by molar-refractivity contribution is -0.123. The third kappa shape index (κ3) is 5.07. The number of nitrogens with two attached hydrogens (primary N) is 1. The normalized spacial score (nSPS) is 15.7. The molecule has 1 fully saturated rings. The van der Waals surface area contributed by atoms with E-state index in [1.54, 1.807) is 31.2 Å². The third-order valence-electron chi connectivity index (χ3n) is 3.52. The molecule has 0 saturated carbocycles. The van der Waals surface area contributed by atoms with Gasteiger partial charge in [-0.25, -0.2) is 0 Å². The van der Waals surface area contributed by atoms with Crippen molar-refractivity contribution in [3.63, 3.8) is 0 Å². The molecule has 1 aromatic carbocycles. The first-order valence-corrected chi connectivity index (χ1v) is 7.63. The zero-order valence-electron chi connectivity index (χ0n) is 13.2. The van der Waals surface area contributed by atoms with E-state index in [4.69, 9.17) is 5.73 Å². The maximum atomic E-state index is 12.3. The minimum atomic E-state index is -0.170. The van der Waals surface area contributed by atoms with Gasteiger partial charge in [0.2, 0.25) is 11.8 Å². The number of nitrogens with one attached hydrogen (secondary N) is 2. The fourth-order valence-electron chi connectivity index (χ4n) is 2.32. The van der Waals surface area contributed by atoms with E-state index in [-0.39, 0.29) is 36.7 Å². The van der Waals surface area contributed by atoms with Crippen molar-refractivity contribution in [3.8, 4) is 0 Å². The van der Waals surface area contributed by atoms with Gasteiger partial charge in [0.05, 0.1) is 6.54 Å². The number of hydrogen-bond acceptors (Lipinski definition) is 4. The van der Waals surface area contributed by atoms with Crippen LogP contribution in [-0.2, 0) is 16.1 Å². The lowest BCUT2D eigenvalue weighted by atomic mass is 10.1. The maximum Gasteiger partial charge on any atom is 0.254 e. The molecule has 124 valence electrons. The summed E-state index contributed by atoms with van der Waals surface area (Å²) in [5, 5.41) is 5.47. The molecule has 0 aliphatic carbocycles. The molecule has 23 heavy (non-hydrogen) atoms. The molecule has 1 aliphatic heterocycles. The molecule has 7 nitrogen and oxygen atoms in total. The van der Waals surface area contributed by atoms with Crippen LogP contribution in [0.2, 0.25) is 0 Å². The topological polar surface area (TPSA) is 105 Å². The van der Waals surface area contributed by atoms with Crippen molar-refractivity contribution in [1.29, 1.82) is 0 Å². The summed E-state index contributed by atoms with van der Waals surface area (Å²) < 4.78 is 0. The van der Waals surface area contributed by atoms with Gasteiger partial charge in [-0.2, -0.15) is 0 Å². The second-order valence-electron chi connectivity index (χ2n) is 5.73. The molecule has 1 unspecified atom stereocenters. The number of hydrogen-bond donors (Lipinski definition) is 3. The van der Waals surface area contributed by atoms with Crippen molar-refractivity contribution in [2.75, 3.05) is 19.6 Å². The first kappa shape index (κ1) is 17.0. The predicted octanol–water partition coefficient (Wildman–Crippen LogP) is -0.388. The van der Waals surface area contributed by atoms with Crippen LogP contribution in [-0.4, -0.2) is 48.3 Å². The van der Waals surface area contributed by atoms with Crippen LogP contribution in [0.25, 0.3) is 0 Å². The van der Waals surface area contributed by atoms with Gasteiger partial charge in [0.25, 0.3) is 5.91 Å². The number of rotatable bonds is 5. The summed E-state index contributed by atoms with van der Waals surface area (Å²) >= 11 is 0. The lowest BCUT2D eigenvalue weighted by Crippen LogP contribution is -2.49. The Labute approximate surface area is 135 Å². The molecule has 1 atom stereocenters. The molecule has 7 heteroatoms. The Bertz CT molecular complexity index is 583. The highest BCUT2D eigenvalue weighted by Gasteiger charge is 2.22. The average Bonchev–Trinajstić information content (AvgIpc) is 2.52. The van der Waals surface area contributed by atoms with E-state index in [0.29, 0.717) is 25.2 Å². The standard InChI is InChI=1S/C16H22N4O3/c1-11(17)8-14(21)19-9-12-2-4-13(5-3-12)16(23)20-7-6-18-15(22)10-20/h2-5,11H,6-10,17H2,1H3,(H,18,22)(H,19,21). The van der Waals surface area contributed by atoms with E-state index in [1.165, 1.54) is 4.90 Å². The van der Waals surface area contributed by atoms with Gasteiger partial charge in [-0.05, 0) is 24.6 Å². The fraction of sp³-hybridized carbons (Fsp3) is 0.438. The van der Waals surface area contributed by atoms with Gasteiger partial charge in [-0.3, -0.25) is 14.4 Å². The summed E-state index contributed by atoms with van der Waals surface area (Å²) in [6.07, 6.45) is 0.285. The molecule has 1 aliphatic rings. The minimum absolute atomic E-state index is 0.0912. The zero-order chi connectivity index (χ0) is 16.8. The Morgan fingerprint density at radius 3 is 2.65 bits per heavy atom. The summed E-state index contributed by atoms with van der Waals surface area (Å²) in [5.74, 6) is -0.398. The minimum Gasteiger partial charge on any atom is -0.353 e. The molecule has 0 bridgehead atoms. The van der Waals surface area contributed by atoms with E-state index in [0.717, 1.165) is 5.56 Å². The van der Waals surface area contributed by atoms with Crippen molar-refractivity contribution in [2.45, 2.75) is 25.9 Å². The summed E-state index contributed by atoms with van der Waals surface area (Å²) in [7, 11) is 0. The van der Waals surface area contributed by atoms with Gasteiger partial charge in [-0.15, -0.1) is 0 Å². The third-order valence-corrected chi connectivity index (χ3v) is 3.52. The van der Waals surface area contributed by atoms with Crippen molar-refractivity contribution in [2.24, 2.45) is 5.73 Å². The molecule has 0 aromatic heterocycles. The Balaban J connectivity index is 1.90. The summed E-state index contributed by atoms with van der Waals surface area (Å²) in [6.45, 7) is 3.26. The van der Waals surface area contributed by atoms with Crippen LogP contribution in [0.15, 0.2) is 24.3 Å². The van der Waals surface area contributed by atoms with Crippen LogP contribution in [0.1, 0.15) is 29.3 Å². The highest BCUT2D eigenvalue weighted by molar-refractivity contribution is 5.97. The van der Waals surface area contributed by atoms with Gasteiger partial charge in [-0.1, -0.05) is 12.1 Å². The largest absolute Gasteiger partial charge is 0.353 e. The molecular weight excluding hydrogens is 296 g/mol. The van der Waals surface area contributed by atoms with Gasteiger partial charge in [0, 0.05) is 37.7 Å². The summed E-state index contributed by atoms with van der Waals surface area (Å²) in [6, 6.07) is 6.84. The van der Waals surface area contributed by atoms with E-state index < -0.39 is 0 Å². The number of piperazine rings is 1. The van der Waals surface area contributed by atoms with E-state index >= 15 is 0 Å². The Kier molecular flexibility index (Phi) is 5.70. The lowest BCUT2D eigenvalue weighted by Gasteiger charge is -2.26. The van der Waals surface area contributed by atoms with Gasteiger partial charge in [0.15, 0.2) is 0 Å². The SMILES string of the molecule is CC(N)CC(=O)NCc1ccc(C(=O)N2CCNC(=O)C2)cc1. The van der Waals surface area contributed by atoms with Crippen molar-refractivity contribution >= 4 is 17.7 Å². The number of nitrogens with zero attached hydrogens (tertiary/aromatic N) is 1. The molecule has 3 amide bonds. The van der Waals surface area contributed by atoms with Crippen molar-refractivity contribution < 1.29 is 14.4 Å². The Hall–Kier alpha value is -2.41. The first-order valence-electron chi connectivity index (χ1n) is 7.63. The molecule has 4 N–H and O–H groups in total. The monoisotopic (exact) mass is 318 g/mol. The van der Waals surface area contributed by atoms with Crippen molar-refractivity contribution in [3.05, 3.63) is 35.4 Å². The summed E-state index contributed by atoms with van der Waals surface area (Å²) in [5.41, 5.74) is 7.00. The van der Waals surface area contributed by atoms with Crippen LogP contribution in [0, 0.1) is 0 Å². The summed E-state index contributed by atoms with van der Waals surface area (Å²) in [4.78, 5) is 36.7. The molecule has 0 radical (unpaired) electrons. The molecule has 0 spiro atoms. The Morgan fingerprint density at radius 1 is 1.35 bits per heavy atom. The fourth-order valence-corrected chi connectivity index (χ4v) is 2.32. The van der Waals surface area contributed by atoms with Crippen LogP contribution < -0.4 is 16.4 Å². The Morgan fingerprint density at radius 2 is 2.04 bits per heavy atom. The number of carbonyl (C=O) groups excluding carboxylic acids is 3. The molecule has 1 saturated heterocycles. The predicted molar refractivity (Wildman–Crippen MR) is 85.5 cm³/mol. The van der Waals surface area contributed by atoms with Gasteiger partial charge in [0.1, 0.15) is 0 Å². The number of carbonyl (C=O) groups is 3. The smallest absolute Gasteiger partial charge is 0.254 e. The van der Waals surface area contributed by atoms with Crippen LogP contribution in [0.4, 0.5) is 0 Å². The zero-order valence-corrected chi connectivity index (χ0v) is 13.2. The van der Waals surface area contributed by atoms with Crippen molar-refractivity contribution in [1.82, 2.24) is 15.5 Å². The number of benzene rings is 1. The molecule has 1 aromatic rings. The van der Waals surface area contributed by atoms with Crippen LogP contribution in [0.5, 0.6) is 0 Å². The van der Waals surface area contributed by atoms with E-state index in [1.807, 2.05) is 0 Å². The van der Waals surface area contributed by atoms with Crippen LogP contribution in [0.3, 0.4) is 0 Å². The second kappa shape index (κ2) is 7.73. The molecular formula is C16H22N4O3. The quantitative estimate of drug-likeness (QED) is 0.688.